The summed E-state index contributed by atoms with van der Waals surface area (Å²) >= 11 is 1.68. The lowest BCUT2D eigenvalue weighted by atomic mass is 10.1. The first kappa shape index (κ1) is 15.6. The number of allylic oxidation sites excluding steroid dienone is 1. The van der Waals surface area contributed by atoms with Gasteiger partial charge in [0, 0.05) is 11.4 Å². The fourth-order valence-electron chi connectivity index (χ4n) is 2.81. The summed E-state index contributed by atoms with van der Waals surface area (Å²) in [5.41, 5.74) is 2.30. The fraction of sp³-hybridized carbons (Fsp3) is 0.438. The number of benzene rings is 1. The van der Waals surface area contributed by atoms with Gasteiger partial charge in [-0.3, -0.25) is 4.99 Å². The molecule has 22 heavy (non-hydrogen) atoms. The molecule has 0 aliphatic carbocycles. The Morgan fingerprint density at radius 2 is 2.05 bits per heavy atom. The van der Waals surface area contributed by atoms with Crippen molar-refractivity contribution in [3.05, 3.63) is 42.0 Å². The summed E-state index contributed by atoms with van der Waals surface area (Å²) in [5.74, 6) is 1.23. The number of sulfone groups is 1. The minimum absolute atomic E-state index is 0.0541. The molecule has 0 radical (unpaired) electrons. The number of amidine groups is 1. The summed E-state index contributed by atoms with van der Waals surface area (Å²) in [5, 5.41) is 0.939. The Kier molecular flexibility index (Phi) is 4.32. The molecule has 2 aliphatic rings. The van der Waals surface area contributed by atoms with Crippen LogP contribution in [0.25, 0.3) is 0 Å². The normalized spacial score (nSPS) is 25.7. The minimum atomic E-state index is -2.97. The van der Waals surface area contributed by atoms with Gasteiger partial charge in [-0.25, -0.2) is 8.42 Å². The van der Waals surface area contributed by atoms with E-state index in [1.165, 1.54) is 5.57 Å². The number of rotatable bonds is 3. The highest BCUT2D eigenvalue weighted by atomic mass is 32.2. The smallest absolute Gasteiger partial charge is 0.164 e. The molecule has 1 fully saturated rings. The van der Waals surface area contributed by atoms with Gasteiger partial charge in [0.05, 0.1) is 23.6 Å². The third-order valence-electron chi connectivity index (χ3n) is 3.85. The van der Waals surface area contributed by atoms with Gasteiger partial charge in [-0.15, -0.1) is 0 Å². The van der Waals surface area contributed by atoms with E-state index < -0.39 is 9.84 Å². The molecule has 0 saturated carbocycles. The van der Waals surface area contributed by atoms with Crippen LogP contribution in [0.2, 0.25) is 0 Å². The van der Waals surface area contributed by atoms with Crippen molar-refractivity contribution in [3.8, 4) is 0 Å². The molecule has 0 unspecified atom stereocenters. The Morgan fingerprint density at radius 3 is 2.73 bits per heavy atom. The average Bonchev–Trinajstić information content (AvgIpc) is 2.90. The van der Waals surface area contributed by atoms with Crippen LogP contribution in [0.3, 0.4) is 0 Å². The molecule has 0 spiro atoms. The molecule has 2 aliphatic heterocycles. The van der Waals surface area contributed by atoms with Gasteiger partial charge in [0.15, 0.2) is 15.0 Å². The lowest BCUT2D eigenvalue weighted by Gasteiger charge is -2.26. The maximum Gasteiger partial charge on any atom is 0.164 e. The van der Waals surface area contributed by atoms with E-state index in [4.69, 9.17) is 4.99 Å². The lowest BCUT2D eigenvalue weighted by molar-refractivity contribution is 0.601. The van der Waals surface area contributed by atoms with Crippen molar-refractivity contribution in [1.82, 2.24) is 0 Å². The number of para-hydroxylation sites is 1. The summed E-state index contributed by atoms with van der Waals surface area (Å²) in [6.45, 7) is 4.15. The molecule has 2 heterocycles. The molecule has 0 aromatic heterocycles. The Balaban J connectivity index is 1.88. The number of fused-ring (bicyclic) bond motifs is 1. The molecule has 1 aromatic rings. The van der Waals surface area contributed by atoms with E-state index in [9.17, 15) is 8.42 Å². The Bertz CT molecular complexity index is 707. The van der Waals surface area contributed by atoms with Crippen LogP contribution in [0.15, 0.2) is 47.0 Å². The zero-order valence-corrected chi connectivity index (χ0v) is 14.4. The van der Waals surface area contributed by atoms with Gasteiger partial charge in [-0.05, 0) is 26.0 Å². The first-order valence-electron chi connectivity index (χ1n) is 7.35. The van der Waals surface area contributed by atoms with Gasteiger partial charge in [-0.1, -0.05) is 41.6 Å². The predicted octanol–water partition coefficient (Wildman–Crippen LogP) is 2.73. The first-order chi connectivity index (χ1) is 10.5. The molecule has 6 heteroatoms. The van der Waals surface area contributed by atoms with E-state index in [2.05, 4.69) is 24.8 Å². The number of anilines is 1. The molecule has 0 N–H and O–H groups in total. The molecule has 1 aromatic carbocycles. The average molecular weight is 336 g/mol. The summed E-state index contributed by atoms with van der Waals surface area (Å²) in [7, 11) is -2.97. The van der Waals surface area contributed by atoms with Crippen LogP contribution >= 0.6 is 11.8 Å². The molecule has 3 rings (SSSR count). The van der Waals surface area contributed by atoms with Crippen LogP contribution < -0.4 is 4.90 Å². The zero-order chi connectivity index (χ0) is 15.7. The Labute approximate surface area is 136 Å². The topological polar surface area (TPSA) is 49.7 Å². The molecular formula is C16H20N2O2S2. The summed E-state index contributed by atoms with van der Waals surface area (Å²) < 4.78 is 23.8. The second kappa shape index (κ2) is 6.08. The van der Waals surface area contributed by atoms with Crippen LogP contribution in [0, 0.1) is 0 Å². The van der Waals surface area contributed by atoms with E-state index in [1.54, 1.807) is 11.8 Å². The van der Waals surface area contributed by atoms with E-state index in [1.807, 2.05) is 30.3 Å². The standard InChI is InChI=1S/C16H20N2O2S2/c1-12(2)8-9-21-16-17-14-10-22(19,20)11-15(14)18(16)13-6-4-3-5-7-13/h3-8,14-15H,9-11H2,1-2H3/t14-,15+/m1/s1. The second-order valence-electron chi connectivity index (χ2n) is 5.92. The van der Waals surface area contributed by atoms with Gasteiger partial charge in [0.25, 0.3) is 0 Å². The van der Waals surface area contributed by atoms with E-state index in [-0.39, 0.29) is 23.6 Å². The monoisotopic (exact) mass is 336 g/mol. The van der Waals surface area contributed by atoms with Gasteiger partial charge in [-0.2, -0.15) is 0 Å². The lowest BCUT2D eigenvalue weighted by Crippen LogP contribution is -2.39. The van der Waals surface area contributed by atoms with Crippen molar-refractivity contribution in [2.45, 2.75) is 25.9 Å². The van der Waals surface area contributed by atoms with Gasteiger partial charge < -0.3 is 4.90 Å². The van der Waals surface area contributed by atoms with E-state index in [0.717, 1.165) is 16.6 Å². The van der Waals surface area contributed by atoms with Gasteiger partial charge >= 0.3 is 0 Å². The van der Waals surface area contributed by atoms with Crippen molar-refractivity contribution in [1.29, 1.82) is 0 Å². The maximum absolute atomic E-state index is 11.9. The highest BCUT2D eigenvalue weighted by Crippen LogP contribution is 2.34. The molecule has 0 bridgehead atoms. The number of thioether (sulfide) groups is 1. The summed E-state index contributed by atoms with van der Waals surface area (Å²) in [6.07, 6.45) is 2.17. The van der Waals surface area contributed by atoms with E-state index in [0.29, 0.717) is 0 Å². The number of hydrogen-bond acceptors (Lipinski definition) is 5. The largest absolute Gasteiger partial charge is 0.315 e. The van der Waals surface area contributed by atoms with Crippen molar-refractivity contribution >= 4 is 32.5 Å². The molecule has 2 atom stereocenters. The van der Waals surface area contributed by atoms with Crippen molar-refractivity contribution in [2.24, 2.45) is 4.99 Å². The predicted molar refractivity (Wildman–Crippen MR) is 94.5 cm³/mol. The third kappa shape index (κ3) is 3.22. The molecule has 118 valence electrons. The quantitative estimate of drug-likeness (QED) is 0.797. The van der Waals surface area contributed by atoms with Crippen molar-refractivity contribution in [2.75, 3.05) is 22.2 Å². The SMILES string of the molecule is CC(C)=CCSC1=N[C@@H]2CS(=O)(=O)C[C@@H]2N1c1ccccc1. The number of nitrogens with zero attached hydrogens (tertiary/aromatic N) is 2. The molecular weight excluding hydrogens is 316 g/mol. The van der Waals surface area contributed by atoms with Crippen LogP contribution in [0.5, 0.6) is 0 Å². The van der Waals surface area contributed by atoms with E-state index >= 15 is 0 Å². The molecule has 1 saturated heterocycles. The number of hydrogen-bond donors (Lipinski definition) is 0. The zero-order valence-electron chi connectivity index (χ0n) is 12.8. The van der Waals surface area contributed by atoms with Gasteiger partial charge in [0.1, 0.15) is 0 Å². The van der Waals surface area contributed by atoms with Crippen LogP contribution in [0.4, 0.5) is 5.69 Å². The minimum Gasteiger partial charge on any atom is -0.315 e. The van der Waals surface area contributed by atoms with Crippen molar-refractivity contribution < 1.29 is 8.42 Å². The van der Waals surface area contributed by atoms with Crippen LogP contribution in [0.1, 0.15) is 13.8 Å². The molecule has 0 amide bonds. The Morgan fingerprint density at radius 1 is 1.32 bits per heavy atom. The summed E-state index contributed by atoms with van der Waals surface area (Å²) in [4.78, 5) is 6.81. The van der Waals surface area contributed by atoms with Gasteiger partial charge in [0.2, 0.25) is 0 Å². The second-order valence-corrected chi connectivity index (χ2v) is 9.06. The highest BCUT2D eigenvalue weighted by Gasteiger charge is 2.46. The fourth-order valence-corrected chi connectivity index (χ4v) is 5.81. The Hall–Kier alpha value is -1.27. The maximum atomic E-state index is 11.9. The van der Waals surface area contributed by atoms with Crippen LogP contribution in [-0.4, -0.2) is 42.9 Å². The van der Waals surface area contributed by atoms with Crippen molar-refractivity contribution in [3.63, 3.8) is 0 Å². The summed E-state index contributed by atoms with van der Waals surface area (Å²) in [6, 6.07) is 9.78. The van der Waals surface area contributed by atoms with Crippen LogP contribution in [-0.2, 0) is 9.84 Å². The highest BCUT2D eigenvalue weighted by molar-refractivity contribution is 8.14. The number of aliphatic imine (C=N–C) groups is 1. The third-order valence-corrected chi connectivity index (χ3v) is 6.44. The first-order valence-corrected chi connectivity index (χ1v) is 10.2. The molecule has 4 nitrogen and oxygen atoms in total.